The summed E-state index contributed by atoms with van der Waals surface area (Å²) >= 11 is 0. The average molecular weight is 442 g/mol. The van der Waals surface area contributed by atoms with Gasteiger partial charge in [0.15, 0.2) is 5.82 Å². The van der Waals surface area contributed by atoms with Gasteiger partial charge in [-0.05, 0) is 36.4 Å². The summed E-state index contributed by atoms with van der Waals surface area (Å²) in [5, 5.41) is 8.62. The molecule has 9 nitrogen and oxygen atoms in total. The smallest absolute Gasteiger partial charge is 0.247 e. The largest absolute Gasteiger partial charge is 0.497 e. The minimum Gasteiger partial charge on any atom is -0.497 e. The summed E-state index contributed by atoms with van der Waals surface area (Å²) in [5.41, 5.74) is 1.70. The summed E-state index contributed by atoms with van der Waals surface area (Å²) in [4.78, 5) is 6.13. The van der Waals surface area contributed by atoms with Crippen LogP contribution in [0.5, 0.6) is 11.5 Å². The number of anilines is 1. The molecule has 3 heterocycles. The van der Waals surface area contributed by atoms with Gasteiger partial charge in [-0.25, -0.2) is 8.42 Å². The third kappa shape index (κ3) is 4.30. The Hall–Kier alpha value is -3.24. The Morgan fingerprint density at radius 1 is 0.871 bits per heavy atom. The zero-order chi connectivity index (χ0) is 21.8. The molecule has 0 atom stereocenters. The van der Waals surface area contributed by atoms with Crippen LogP contribution < -0.4 is 14.4 Å². The minimum absolute atomic E-state index is 0.101. The van der Waals surface area contributed by atoms with E-state index < -0.39 is 10.0 Å². The third-order valence-electron chi connectivity index (χ3n) is 5.18. The highest BCUT2D eigenvalue weighted by molar-refractivity contribution is 7.89. The fourth-order valence-electron chi connectivity index (χ4n) is 3.45. The maximum absolute atomic E-state index is 13.2. The lowest BCUT2D eigenvalue weighted by Gasteiger charge is -2.34. The van der Waals surface area contributed by atoms with E-state index in [-0.39, 0.29) is 4.90 Å². The summed E-state index contributed by atoms with van der Waals surface area (Å²) in [5.74, 6) is 1.47. The van der Waals surface area contributed by atoms with Crippen molar-refractivity contribution in [3.63, 3.8) is 0 Å². The fourth-order valence-corrected chi connectivity index (χ4v) is 5.05. The average Bonchev–Trinajstić information content (AvgIpc) is 2.84. The Morgan fingerprint density at radius 2 is 1.61 bits per heavy atom. The highest BCUT2D eigenvalue weighted by atomic mass is 32.2. The monoisotopic (exact) mass is 441 g/mol. The second-order valence-electron chi connectivity index (χ2n) is 6.92. The number of hydrogen-bond donors (Lipinski definition) is 0. The molecule has 4 rings (SSSR count). The number of aromatic nitrogens is 3. The van der Waals surface area contributed by atoms with Gasteiger partial charge < -0.3 is 14.4 Å². The molecule has 1 aliphatic heterocycles. The number of hydrogen-bond acceptors (Lipinski definition) is 8. The highest BCUT2D eigenvalue weighted by Crippen LogP contribution is 2.31. The van der Waals surface area contributed by atoms with Crippen LogP contribution in [0.2, 0.25) is 0 Å². The van der Waals surface area contributed by atoms with Crippen molar-refractivity contribution in [2.24, 2.45) is 0 Å². The van der Waals surface area contributed by atoms with Crippen molar-refractivity contribution in [3.05, 3.63) is 54.9 Å². The van der Waals surface area contributed by atoms with Crippen LogP contribution in [-0.2, 0) is 10.0 Å². The van der Waals surface area contributed by atoms with Gasteiger partial charge in [0.2, 0.25) is 10.0 Å². The Kier molecular flexibility index (Phi) is 6.01. The van der Waals surface area contributed by atoms with Gasteiger partial charge in [-0.1, -0.05) is 0 Å². The first-order valence-electron chi connectivity index (χ1n) is 9.74. The molecule has 1 saturated heterocycles. The molecule has 0 amide bonds. The molecule has 1 fully saturated rings. The molecule has 3 aromatic rings. The second-order valence-corrected chi connectivity index (χ2v) is 8.83. The van der Waals surface area contributed by atoms with E-state index in [2.05, 4.69) is 15.2 Å². The van der Waals surface area contributed by atoms with Crippen LogP contribution in [0.1, 0.15) is 0 Å². The molecule has 31 heavy (non-hydrogen) atoms. The van der Waals surface area contributed by atoms with Crippen molar-refractivity contribution in [1.29, 1.82) is 0 Å². The zero-order valence-electron chi connectivity index (χ0n) is 17.3. The molecule has 0 radical (unpaired) electrons. The van der Waals surface area contributed by atoms with Crippen molar-refractivity contribution in [2.75, 3.05) is 45.3 Å². The molecule has 0 N–H and O–H groups in total. The summed E-state index contributed by atoms with van der Waals surface area (Å²) in [6, 6.07) is 12.3. The molecule has 0 aliphatic carbocycles. The molecular weight excluding hydrogens is 418 g/mol. The maximum Gasteiger partial charge on any atom is 0.247 e. The van der Waals surface area contributed by atoms with E-state index in [9.17, 15) is 8.42 Å². The zero-order valence-corrected chi connectivity index (χ0v) is 18.1. The molecule has 2 aromatic heterocycles. The number of piperazine rings is 1. The molecule has 0 bridgehead atoms. The van der Waals surface area contributed by atoms with Gasteiger partial charge >= 0.3 is 0 Å². The molecule has 1 aliphatic rings. The summed E-state index contributed by atoms with van der Waals surface area (Å²) in [6.45, 7) is 1.68. The SMILES string of the molecule is COc1ccc(OC)c(S(=O)(=O)N2CCN(c3ccc(-c4ccncc4)nn3)CC2)c1. The molecule has 1 aromatic carbocycles. The normalized spacial score (nSPS) is 15.0. The van der Waals surface area contributed by atoms with E-state index in [0.29, 0.717) is 43.5 Å². The maximum atomic E-state index is 13.2. The van der Waals surface area contributed by atoms with Gasteiger partial charge in [-0.3, -0.25) is 4.98 Å². The first-order chi connectivity index (χ1) is 15.0. The molecule has 162 valence electrons. The molecule has 0 spiro atoms. The lowest BCUT2D eigenvalue weighted by Crippen LogP contribution is -2.49. The fraction of sp³-hybridized carbons (Fsp3) is 0.286. The molecule has 0 saturated carbocycles. The van der Waals surface area contributed by atoms with Crippen molar-refractivity contribution in [1.82, 2.24) is 19.5 Å². The van der Waals surface area contributed by atoms with E-state index in [1.54, 1.807) is 24.5 Å². The van der Waals surface area contributed by atoms with Gasteiger partial charge in [0, 0.05) is 50.2 Å². The molecule has 10 heteroatoms. The van der Waals surface area contributed by atoms with Crippen LogP contribution in [0.15, 0.2) is 59.8 Å². The van der Waals surface area contributed by atoms with Crippen LogP contribution in [0, 0.1) is 0 Å². The number of ether oxygens (including phenoxy) is 2. The first-order valence-corrected chi connectivity index (χ1v) is 11.2. The quantitative estimate of drug-likeness (QED) is 0.573. The Morgan fingerprint density at radius 3 is 2.23 bits per heavy atom. The van der Waals surface area contributed by atoms with Gasteiger partial charge in [-0.2, -0.15) is 4.31 Å². The van der Waals surface area contributed by atoms with Crippen molar-refractivity contribution < 1.29 is 17.9 Å². The number of rotatable bonds is 6. The van der Waals surface area contributed by atoms with Gasteiger partial charge in [0.1, 0.15) is 16.4 Å². The highest BCUT2D eigenvalue weighted by Gasteiger charge is 2.31. The number of methoxy groups -OCH3 is 2. The van der Waals surface area contributed by atoms with Crippen molar-refractivity contribution in [2.45, 2.75) is 4.90 Å². The van der Waals surface area contributed by atoms with Crippen molar-refractivity contribution >= 4 is 15.8 Å². The lowest BCUT2D eigenvalue weighted by molar-refractivity contribution is 0.370. The lowest BCUT2D eigenvalue weighted by atomic mass is 10.2. The number of pyridine rings is 1. The Balaban J connectivity index is 1.47. The first kappa shape index (κ1) is 21.0. The summed E-state index contributed by atoms with van der Waals surface area (Å²) in [6.07, 6.45) is 3.42. The Labute approximate surface area is 181 Å². The molecule has 0 unspecified atom stereocenters. The van der Waals surface area contributed by atoms with E-state index in [1.807, 2.05) is 29.2 Å². The predicted octanol–water partition coefficient (Wildman–Crippen LogP) is 2.07. The van der Waals surface area contributed by atoms with E-state index in [1.165, 1.54) is 24.6 Å². The van der Waals surface area contributed by atoms with Crippen molar-refractivity contribution in [3.8, 4) is 22.8 Å². The summed E-state index contributed by atoms with van der Waals surface area (Å²) < 4.78 is 38.3. The van der Waals surface area contributed by atoms with Crippen LogP contribution in [0.3, 0.4) is 0 Å². The second kappa shape index (κ2) is 8.86. The molecular formula is C21H23N5O4S. The summed E-state index contributed by atoms with van der Waals surface area (Å²) in [7, 11) is -0.777. The van der Waals surface area contributed by atoms with Gasteiger partial charge in [0.25, 0.3) is 0 Å². The predicted molar refractivity (Wildman–Crippen MR) is 116 cm³/mol. The van der Waals surface area contributed by atoms with Crippen LogP contribution in [-0.4, -0.2) is 68.3 Å². The van der Waals surface area contributed by atoms with E-state index >= 15 is 0 Å². The van der Waals surface area contributed by atoms with E-state index in [4.69, 9.17) is 9.47 Å². The van der Waals surface area contributed by atoms with Gasteiger partial charge in [-0.15, -0.1) is 10.2 Å². The number of benzene rings is 1. The van der Waals surface area contributed by atoms with E-state index in [0.717, 1.165) is 11.3 Å². The Bertz CT molecular complexity index is 1130. The standard InChI is InChI=1S/C21H23N5O4S/c1-29-17-3-5-19(30-2)20(15-17)31(27,28)26-13-11-25(12-14-26)21-6-4-18(23-24-21)16-7-9-22-10-8-16/h3-10,15H,11-14H2,1-2H3. The number of sulfonamides is 1. The topological polar surface area (TPSA) is 97.8 Å². The van der Waals surface area contributed by atoms with Crippen LogP contribution in [0.4, 0.5) is 5.82 Å². The van der Waals surface area contributed by atoms with Gasteiger partial charge in [0.05, 0.1) is 19.9 Å². The van der Waals surface area contributed by atoms with Crippen LogP contribution in [0.25, 0.3) is 11.3 Å². The van der Waals surface area contributed by atoms with Crippen LogP contribution >= 0.6 is 0 Å². The minimum atomic E-state index is -3.73. The third-order valence-corrected chi connectivity index (χ3v) is 7.10. The number of nitrogens with zero attached hydrogens (tertiary/aromatic N) is 5.